The molecule has 0 unspecified atom stereocenters. The fraction of sp³-hybridized carbons (Fsp3) is 0.333. The third-order valence-corrected chi connectivity index (χ3v) is 4.10. The van der Waals surface area contributed by atoms with Crippen LogP contribution < -0.4 is 9.47 Å². The molecule has 0 atom stereocenters. The average Bonchev–Trinajstić information content (AvgIpc) is 2.82. The summed E-state index contributed by atoms with van der Waals surface area (Å²) in [6.45, 7) is 4.85. The molecule has 1 aliphatic rings. The van der Waals surface area contributed by atoms with Crippen molar-refractivity contribution < 1.29 is 19.1 Å². The summed E-state index contributed by atoms with van der Waals surface area (Å²) in [6.07, 6.45) is 7.63. The Morgan fingerprint density at radius 2 is 2.04 bits per heavy atom. The third kappa shape index (κ3) is 4.12. The number of terminal acetylenes is 1. The van der Waals surface area contributed by atoms with Crippen LogP contribution in [-0.4, -0.2) is 35.8 Å². The van der Waals surface area contributed by atoms with E-state index in [1.54, 1.807) is 24.3 Å². The van der Waals surface area contributed by atoms with Gasteiger partial charge in [-0.05, 0) is 48.9 Å². The smallest absolute Gasteiger partial charge is 0.293 e. The third-order valence-electron chi connectivity index (χ3n) is 3.20. The zero-order chi connectivity index (χ0) is 17.5. The summed E-state index contributed by atoms with van der Waals surface area (Å²) < 4.78 is 11.0. The summed E-state index contributed by atoms with van der Waals surface area (Å²) in [5.41, 5.74) is 0.758. The molecule has 0 bridgehead atoms. The Bertz CT molecular complexity index is 705. The van der Waals surface area contributed by atoms with Gasteiger partial charge in [0.05, 0.1) is 11.5 Å². The van der Waals surface area contributed by atoms with Crippen LogP contribution in [-0.2, 0) is 4.79 Å². The normalized spacial score (nSPS) is 15.7. The molecule has 1 fully saturated rings. The van der Waals surface area contributed by atoms with Gasteiger partial charge in [0.1, 0.15) is 6.61 Å². The van der Waals surface area contributed by atoms with E-state index in [0.29, 0.717) is 29.6 Å². The summed E-state index contributed by atoms with van der Waals surface area (Å²) in [7, 11) is 0. The topological polar surface area (TPSA) is 55.8 Å². The summed E-state index contributed by atoms with van der Waals surface area (Å²) in [4.78, 5) is 25.8. The van der Waals surface area contributed by atoms with E-state index in [1.807, 2.05) is 13.8 Å². The van der Waals surface area contributed by atoms with Gasteiger partial charge in [-0.15, -0.1) is 6.42 Å². The molecule has 0 spiro atoms. The van der Waals surface area contributed by atoms with Crippen molar-refractivity contribution in [1.29, 1.82) is 0 Å². The van der Waals surface area contributed by atoms with Crippen LogP contribution in [0.2, 0.25) is 0 Å². The Morgan fingerprint density at radius 1 is 1.25 bits per heavy atom. The minimum Gasteiger partial charge on any atom is -0.490 e. The molecule has 5 nitrogen and oxygen atoms in total. The maximum atomic E-state index is 12.3. The van der Waals surface area contributed by atoms with E-state index in [0.717, 1.165) is 23.7 Å². The fourth-order valence-electron chi connectivity index (χ4n) is 2.19. The van der Waals surface area contributed by atoms with Gasteiger partial charge in [0.2, 0.25) is 0 Å². The minimum absolute atomic E-state index is 0.148. The number of hydrogen-bond acceptors (Lipinski definition) is 5. The standard InChI is InChI=1S/C18H19NO4S/c1-4-9-19-17(20)16(24-18(19)21)12-13-7-8-14(23-10-5-2)15(11-13)22-6-3/h2,7-8,11-12H,4,6,9-10H2,1,3H3/b16-12-. The predicted molar refractivity (Wildman–Crippen MR) is 94.9 cm³/mol. The number of rotatable bonds is 7. The highest BCUT2D eigenvalue weighted by Gasteiger charge is 2.34. The number of carbonyl (C=O) groups excluding carboxylic acids is 2. The number of amides is 2. The molecule has 2 rings (SSSR count). The van der Waals surface area contributed by atoms with Crippen molar-refractivity contribution in [2.75, 3.05) is 19.8 Å². The molecular weight excluding hydrogens is 326 g/mol. The van der Waals surface area contributed by atoms with Crippen molar-refractivity contribution in [3.8, 4) is 23.8 Å². The van der Waals surface area contributed by atoms with Crippen LogP contribution >= 0.6 is 11.8 Å². The molecule has 0 saturated carbocycles. The molecule has 0 N–H and O–H groups in total. The second-order valence-electron chi connectivity index (χ2n) is 4.97. The van der Waals surface area contributed by atoms with E-state index < -0.39 is 0 Å². The molecular formula is C18H19NO4S. The Balaban J connectivity index is 2.26. The Morgan fingerprint density at radius 3 is 2.71 bits per heavy atom. The minimum atomic E-state index is -0.252. The molecule has 1 aromatic carbocycles. The number of nitrogens with zero attached hydrogens (tertiary/aromatic N) is 1. The second kappa shape index (κ2) is 8.46. The van der Waals surface area contributed by atoms with Gasteiger partial charge in [-0.3, -0.25) is 14.5 Å². The first-order chi connectivity index (χ1) is 11.6. The van der Waals surface area contributed by atoms with Gasteiger partial charge >= 0.3 is 0 Å². The average molecular weight is 345 g/mol. The number of hydrogen-bond donors (Lipinski definition) is 0. The molecule has 1 saturated heterocycles. The van der Waals surface area contributed by atoms with E-state index in [1.165, 1.54) is 4.90 Å². The first-order valence-corrected chi connectivity index (χ1v) is 8.50. The molecule has 126 valence electrons. The first kappa shape index (κ1) is 18.0. The van der Waals surface area contributed by atoms with Gasteiger partial charge in [0.25, 0.3) is 11.1 Å². The summed E-state index contributed by atoms with van der Waals surface area (Å²) in [6, 6.07) is 5.30. The van der Waals surface area contributed by atoms with E-state index in [-0.39, 0.29) is 17.8 Å². The monoisotopic (exact) mass is 345 g/mol. The van der Waals surface area contributed by atoms with E-state index in [9.17, 15) is 9.59 Å². The zero-order valence-electron chi connectivity index (χ0n) is 13.7. The second-order valence-corrected chi connectivity index (χ2v) is 5.96. The van der Waals surface area contributed by atoms with Crippen LogP contribution in [0.1, 0.15) is 25.8 Å². The lowest BCUT2D eigenvalue weighted by Gasteiger charge is -2.11. The SMILES string of the molecule is C#CCOc1ccc(/C=C2\SC(=O)N(CCC)C2=O)cc1OCC. The van der Waals surface area contributed by atoms with Crippen LogP contribution in [0.15, 0.2) is 23.1 Å². The molecule has 0 radical (unpaired) electrons. The highest BCUT2D eigenvalue weighted by atomic mass is 32.2. The van der Waals surface area contributed by atoms with Crippen LogP contribution in [0.4, 0.5) is 4.79 Å². The lowest BCUT2D eigenvalue weighted by atomic mass is 10.2. The van der Waals surface area contributed by atoms with Gasteiger partial charge in [0, 0.05) is 6.54 Å². The number of imide groups is 1. The zero-order valence-corrected chi connectivity index (χ0v) is 14.5. The molecule has 24 heavy (non-hydrogen) atoms. The lowest BCUT2D eigenvalue weighted by Crippen LogP contribution is -2.28. The van der Waals surface area contributed by atoms with Gasteiger partial charge in [-0.1, -0.05) is 18.9 Å². The van der Waals surface area contributed by atoms with Crippen molar-refractivity contribution in [3.05, 3.63) is 28.7 Å². The first-order valence-electron chi connectivity index (χ1n) is 7.69. The summed E-state index contributed by atoms with van der Waals surface area (Å²) >= 11 is 0.954. The largest absolute Gasteiger partial charge is 0.490 e. The van der Waals surface area contributed by atoms with Crippen molar-refractivity contribution in [2.24, 2.45) is 0 Å². The maximum absolute atomic E-state index is 12.3. The Labute approximate surface area is 146 Å². The maximum Gasteiger partial charge on any atom is 0.293 e. The molecule has 1 aliphatic heterocycles. The number of carbonyl (C=O) groups is 2. The molecule has 6 heteroatoms. The van der Waals surface area contributed by atoms with Crippen molar-refractivity contribution in [3.63, 3.8) is 0 Å². The van der Waals surface area contributed by atoms with Crippen molar-refractivity contribution >= 4 is 29.0 Å². The molecule has 0 aliphatic carbocycles. The molecule has 2 amide bonds. The van der Waals surface area contributed by atoms with E-state index in [4.69, 9.17) is 15.9 Å². The van der Waals surface area contributed by atoms with Gasteiger partial charge in [-0.25, -0.2) is 0 Å². The number of ether oxygens (including phenoxy) is 2. The molecule has 0 aromatic heterocycles. The van der Waals surface area contributed by atoms with Gasteiger partial charge in [-0.2, -0.15) is 0 Å². The van der Waals surface area contributed by atoms with Crippen LogP contribution in [0.25, 0.3) is 6.08 Å². The van der Waals surface area contributed by atoms with Gasteiger partial charge < -0.3 is 9.47 Å². The van der Waals surface area contributed by atoms with E-state index in [2.05, 4.69) is 5.92 Å². The van der Waals surface area contributed by atoms with Crippen LogP contribution in [0, 0.1) is 12.3 Å². The lowest BCUT2D eigenvalue weighted by molar-refractivity contribution is -0.122. The Kier molecular flexibility index (Phi) is 6.33. The van der Waals surface area contributed by atoms with Crippen molar-refractivity contribution in [2.45, 2.75) is 20.3 Å². The molecule has 1 heterocycles. The highest BCUT2D eigenvalue weighted by molar-refractivity contribution is 8.18. The highest BCUT2D eigenvalue weighted by Crippen LogP contribution is 2.34. The fourth-order valence-corrected chi connectivity index (χ4v) is 3.05. The summed E-state index contributed by atoms with van der Waals surface area (Å²) in [5, 5.41) is -0.230. The number of benzene rings is 1. The van der Waals surface area contributed by atoms with Crippen LogP contribution in [0.5, 0.6) is 11.5 Å². The van der Waals surface area contributed by atoms with E-state index >= 15 is 0 Å². The molecule has 1 aromatic rings. The van der Waals surface area contributed by atoms with Crippen molar-refractivity contribution in [1.82, 2.24) is 4.90 Å². The predicted octanol–water partition coefficient (Wildman–Crippen LogP) is 3.54. The summed E-state index contributed by atoms with van der Waals surface area (Å²) in [5.74, 6) is 3.25. The number of thioether (sulfide) groups is 1. The Hall–Kier alpha value is -2.39. The van der Waals surface area contributed by atoms with Crippen LogP contribution in [0.3, 0.4) is 0 Å². The quantitative estimate of drug-likeness (QED) is 0.559. The van der Waals surface area contributed by atoms with Gasteiger partial charge in [0.15, 0.2) is 11.5 Å².